The van der Waals surface area contributed by atoms with Crippen LogP contribution in [0.15, 0.2) is 59.8 Å². The highest BCUT2D eigenvalue weighted by atomic mass is 35.5. The molecule has 216 valence electrons. The summed E-state index contributed by atoms with van der Waals surface area (Å²) in [6.45, 7) is 1.96. The molecule has 2 unspecified atom stereocenters. The number of imidazole rings is 1. The fraction of sp³-hybridized carbons (Fsp3) is 0.281. The summed E-state index contributed by atoms with van der Waals surface area (Å²) < 4.78 is 46.3. The Balaban J connectivity index is 1.33. The number of Topliss-reactive ketones (excluding diaryl/α,β-unsaturated/α-hetero) is 1. The van der Waals surface area contributed by atoms with E-state index in [9.17, 15) is 14.0 Å². The lowest BCUT2D eigenvalue weighted by molar-refractivity contribution is -0.121. The molecule has 1 aliphatic heterocycles. The SMILES string of the molecule is Cc1cc(C2CCCc3nc(SCc4c(F)cc(CC5SC(=O)CC5=O)cc4F)n(-c4ccc(F)cc4)c32)ccc1Cl. The molecule has 1 aromatic heterocycles. The molecular weight excluding hydrogens is 601 g/mol. The van der Waals surface area contributed by atoms with Crippen molar-refractivity contribution in [3.63, 3.8) is 0 Å². The van der Waals surface area contributed by atoms with E-state index < -0.39 is 16.9 Å². The maximum Gasteiger partial charge on any atom is 0.197 e. The standard InChI is InChI=1S/C32H26ClF3N2O2S2/c1-17-11-19(5-10-24(17)33)22-3-2-4-27-31(22)38(21-8-6-20(34)7-9-21)32(37-27)41-16-23-25(35)12-18(13-26(23)36)14-29-28(39)15-30(40)42-29/h5-13,22,29H,2-4,14-16H2,1H3. The molecule has 6 rings (SSSR count). The van der Waals surface area contributed by atoms with Crippen molar-refractivity contribution in [1.29, 1.82) is 0 Å². The van der Waals surface area contributed by atoms with E-state index in [1.54, 1.807) is 12.1 Å². The van der Waals surface area contributed by atoms with Gasteiger partial charge in [0.25, 0.3) is 0 Å². The van der Waals surface area contributed by atoms with Gasteiger partial charge in [0.05, 0.1) is 23.1 Å². The second-order valence-electron chi connectivity index (χ2n) is 10.6. The van der Waals surface area contributed by atoms with Crippen LogP contribution in [0.4, 0.5) is 13.2 Å². The number of hydrogen-bond donors (Lipinski definition) is 0. The zero-order chi connectivity index (χ0) is 29.5. The van der Waals surface area contributed by atoms with Crippen molar-refractivity contribution in [2.45, 2.75) is 61.1 Å². The van der Waals surface area contributed by atoms with E-state index in [0.29, 0.717) is 15.7 Å². The third-order valence-electron chi connectivity index (χ3n) is 7.78. The van der Waals surface area contributed by atoms with Gasteiger partial charge in [0.2, 0.25) is 0 Å². The maximum atomic E-state index is 15.2. The first-order valence-corrected chi connectivity index (χ1v) is 15.9. The van der Waals surface area contributed by atoms with E-state index in [-0.39, 0.29) is 46.8 Å². The Bertz CT molecular complexity index is 1680. The molecule has 1 saturated heterocycles. The quantitative estimate of drug-likeness (QED) is 0.153. The molecule has 2 aliphatic rings. The summed E-state index contributed by atoms with van der Waals surface area (Å²) in [7, 11) is 0. The molecule has 0 spiro atoms. The average Bonchev–Trinajstić information content (AvgIpc) is 3.48. The van der Waals surface area contributed by atoms with Gasteiger partial charge in [-0.25, -0.2) is 18.2 Å². The van der Waals surface area contributed by atoms with Crippen molar-refractivity contribution < 1.29 is 22.8 Å². The number of aryl methyl sites for hydroxylation is 2. The summed E-state index contributed by atoms with van der Waals surface area (Å²) in [5.74, 6) is -1.99. The molecule has 4 nitrogen and oxygen atoms in total. The molecular formula is C32H26ClF3N2O2S2. The number of halogens is 4. The zero-order valence-electron chi connectivity index (χ0n) is 22.6. The molecule has 10 heteroatoms. The second kappa shape index (κ2) is 11.9. The number of benzene rings is 3. The summed E-state index contributed by atoms with van der Waals surface area (Å²) in [6.07, 6.45) is 2.55. The van der Waals surface area contributed by atoms with Gasteiger partial charge in [-0.05, 0) is 91.8 Å². The van der Waals surface area contributed by atoms with Crippen LogP contribution in [0.25, 0.3) is 5.69 Å². The molecule has 42 heavy (non-hydrogen) atoms. The first-order valence-electron chi connectivity index (χ1n) is 13.6. The first kappa shape index (κ1) is 29.1. The molecule has 3 aromatic carbocycles. The van der Waals surface area contributed by atoms with Gasteiger partial charge in [-0.1, -0.05) is 47.3 Å². The van der Waals surface area contributed by atoms with Gasteiger partial charge in [-0.3, -0.25) is 14.2 Å². The maximum absolute atomic E-state index is 15.2. The van der Waals surface area contributed by atoms with Crippen LogP contribution in [0.2, 0.25) is 5.02 Å². The van der Waals surface area contributed by atoms with Crippen molar-refractivity contribution >= 4 is 46.0 Å². The number of aromatic nitrogens is 2. The Morgan fingerprint density at radius 1 is 1.05 bits per heavy atom. The Kier molecular flexibility index (Phi) is 8.26. The van der Waals surface area contributed by atoms with Gasteiger partial charge >= 0.3 is 0 Å². The van der Waals surface area contributed by atoms with Gasteiger partial charge in [0.15, 0.2) is 16.1 Å². The highest BCUT2D eigenvalue weighted by Gasteiger charge is 2.33. The monoisotopic (exact) mass is 626 g/mol. The van der Waals surface area contributed by atoms with Crippen LogP contribution in [-0.4, -0.2) is 25.7 Å². The van der Waals surface area contributed by atoms with Crippen molar-refractivity contribution in [3.05, 3.63) is 111 Å². The number of carbonyl (C=O) groups excluding carboxylic acids is 2. The fourth-order valence-electron chi connectivity index (χ4n) is 5.69. The number of thioether (sulfide) groups is 2. The van der Waals surface area contributed by atoms with Crippen molar-refractivity contribution in [1.82, 2.24) is 9.55 Å². The van der Waals surface area contributed by atoms with E-state index in [0.717, 1.165) is 59.2 Å². The normalized spacial score (nSPS) is 18.5. The van der Waals surface area contributed by atoms with Crippen LogP contribution in [0.3, 0.4) is 0 Å². The van der Waals surface area contributed by atoms with Crippen LogP contribution < -0.4 is 0 Å². The minimum absolute atomic E-state index is 0.0185. The Morgan fingerprint density at radius 2 is 1.79 bits per heavy atom. The molecule has 0 amide bonds. The van der Waals surface area contributed by atoms with Crippen LogP contribution in [0.1, 0.15) is 58.8 Å². The number of rotatable bonds is 7. The molecule has 2 atom stereocenters. The largest absolute Gasteiger partial charge is 0.298 e. The lowest BCUT2D eigenvalue weighted by Gasteiger charge is -2.25. The summed E-state index contributed by atoms with van der Waals surface area (Å²) in [5.41, 5.74) is 4.93. The predicted molar refractivity (Wildman–Crippen MR) is 160 cm³/mol. The Morgan fingerprint density at radius 3 is 2.45 bits per heavy atom. The number of fused-ring (bicyclic) bond motifs is 1. The highest BCUT2D eigenvalue weighted by molar-refractivity contribution is 8.15. The Hall–Kier alpha value is -3.01. The predicted octanol–water partition coefficient (Wildman–Crippen LogP) is 8.16. The van der Waals surface area contributed by atoms with Gasteiger partial charge in [-0.2, -0.15) is 0 Å². The van der Waals surface area contributed by atoms with Crippen molar-refractivity contribution in [3.8, 4) is 5.69 Å². The second-order valence-corrected chi connectivity index (χ2v) is 13.3. The molecule has 1 fully saturated rings. The van der Waals surface area contributed by atoms with E-state index in [4.69, 9.17) is 16.6 Å². The van der Waals surface area contributed by atoms with Gasteiger partial charge < -0.3 is 0 Å². The van der Waals surface area contributed by atoms with Crippen molar-refractivity contribution in [2.75, 3.05) is 0 Å². The molecule has 1 aliphatic carbocycles. The first-order chi connectivity index (χ1) is 20.2. The van der Waals surface area contributed by atoms with Gasteiger partial charge in [0, 0.05) is 27.9 Å². The summed E-state index contributed by atoms with van der Waals surface area (Å²) >= 11 is 8.45. The van der Waals surface area contributed by atoms with Crippen LogP contribution in [0.5, 0.6) is 0 Å². The lowest BCUT2D eigenvalue weighted by atomic mass is 9.83. The van der Waals surface area contributed by atoms with Crippen LogP contribution in [0, 0.1) is 24.4 Å². The molecule has 0 N–H and O–H groups in total. The van der Waals surface area contributed by atoms with Crippen LogP contribution in [-0.2, 0) is 28.2 Å². The Labute approximate surface area is 255 Å². The van der Waals surface area contributed by atoms with Crippen molar-refractivity contribution in [2.24, 2.45) is 0 Å². The summed E-state index contributed by atoms with van der Waals surface area (Å²) in [6, 6.07) is 14.6. The van der Waals surface area contributed by atoms with Gasteiger partial charge in [-0.15, -0.1) is 0 Å². The van der Waals surface area contributed by atoms with Crippen LogP contribution >= 0.6 is 35.1 Å². The third-order valence-corrected chi connectivity index (χ3v) is 10.3. The summed E-state index contributed by atoms with van der Waals surface area (Å²) in [4.78, 5) is 28.5. The minimum Gasteiger partial charge on any atom is -0.298 e. The topological polar surface area (TPSA) is 52.0 Å². The molecule has 0 bridgehead atoms. The van der Waals surface area contributed by atoms with E-state index in [1.807, 2.05) is 23.6 Å². The number of carbonyl (C=O) groups is 2. The highest BCUT2D eigenvalue weighted by Crippen LogP contribution is 2.42. The molecule has 2 heterocycles. The van der Waals surface area contributed by atoms with E-state index in [1.165, 1.54) is 36.0 Å². The number of nitrogens with zero attached hydrogens (tertiary/aromatic N) is 2. The minimum atomic E-state index is -0.710. The zero-order valence-corrected chi connectivity index (χ0v) is 25.0. The smallest absolute Gasteiger partial charge is 0.197 e. The van der Waals surface area contributed by atoms with Gasteiger partial charge in [0.1, 0.15) is 17.5 Å². The lowest BCUT2D eigenvalue weighted by Crippen LogP contribution is -2.15. The molecule has 4 aromatic rings. The molecule has 0 radical (unpaired) electrons. The average molecular weight is 627 g/mol. The number of ketones is 1. The van der Waals surface area contributed by atoms with E-state index in [2.05, 4.69) is 6.07 Å². The molecule has 0 saturated carbocycles. The summed E-state index contributed by atoms with van der Waals surface area (Å²) in [5, 5.41) is 0.434. The fourth-order valence-corrected chi connectivity index (χ4v) is 7.90. The number of hydrogen-bond acceptors (Lipinski definition) is 5. The third kappa shape index (κ3) is 5.79. The van der Waals surface area contributed by atoms with E-state index >= 15 is 8.78 Å².